The maximum atomic E-state index is 13.0. The molecule has 0 amide bonds. The minimum atomic E-state index is -0.304. The molecule has 2 aromatic rings. The van der Waals surface area contributed by atoms with E-state index in [1.54, 1.807) is 17.4 Å². The quantitative estimate of drug-likeness (QED) is 0.784. The zero-order valence-electron chi connectivity index (χ0n) is 10.3. The molecule has 1 unspecified atom stereocenters. The van der Waals surface area contributed by atoms with Crippen LogP contribution in [-0.4, -0.2) is 0 Å². The van der Waals surface area contributed by atoms with Crippen molar-refractivity contribution < 1.29 is 4.39 Å². The molecule has 4 heteroatoms. The number of nitrogens with two attached hydrogens (primary N) is 1. The van der Waals surface area contributed by atoms with Crippen molar-refractivity contribution in [2.24, 2.45) is 0 Å². The number of anilines is 2. The number of benzene rings is 1. The van der Waals surface area contributed by atoms with Crippen LogP contribution in [0.25, 0.3) is 0 Å². The van der Waals surface area contributed by atoms with Gasteiger partial charge in [0.05, 0.1) is 17.4 Å². The number of rotatable bonds is 5. The van der Waals surface area contributed by atoms with Crippen molar-refractivity contribution in [3.63, 3.8) is 0 Å². The van der Waals surface area contributed by atoms with Crippen LogP contribution >= 0.6 is 11.3 Å². The van der Waals surface area contributed by atoms with Gasteiger partial charge >= 0.3 is 0 Å². The molecule has 1 aromatic carbocycles. The number of thiophene rings is 1. The van der Waals surface area contributed by atoms with Gasteiger partial charge in [-0.3, -0.25) is 0 Å². The molecule has 1 heterocycles. The van der Waals surface area contributed by atoms with Crippen LogP contribution < -0.4 is 11.1 Å². The molecule has 0 fully saturated rings. The second-order valence-corrected chi connectivity index (χ2v) is 5.21. The third kappa shape index (κ3) is 3.01. The van der Waals surface area contributed by atoms with Gasteiger partial charge in [0.1, 0.15) is 5.82 Å². The fourth-order valence-corrected chi connectivity index (χ4v) is 2.73. The Labute approximate surface area is 111 Å². The summed E-state index contributed by atoms with van der Waals surface area (Å²) in [7, 11) is 0. The molecule has 0 aliphatic rings. The van der Waals surface area contributed by atoms with Crippen LogP contribution in [0.5, 0.6) is 0 Å². The molecule has 1 atom stereocenters. The van der Waals surface area contributed by atoms with E-state index in [2.05, 4.69) is 23.7 Å². The number of hydrogen-bond acceptors (Lipinski definition) is 3. The Morgan fingerprint density at radius 2 is 2.22 bits per heavy atom. The Hall–Kier alpha value is -1.55. The first-order chi connectivity index (χ1) is 8.70. The molecule has 3 N–H and O–H groups in total. The Kier molecular flexibility index (Phi) is 4.20. The second kappa shape index (κ2) is 5.87. The summed E-state index contributed by atoms with van der Waals surface area (Å²) in [5.41, 5.74) is 7.07. The zero-order valence-corrected chi connectivity index (χ0v) is 11.1. The summed E-state index contributed by atoms with van der Waals surface area (Å²) < 4.78 is 13.0. The highest BCUT2D eigenvalue weighted by atomic mass is 32.1. The maximum absolute atomic E-state index is 13.0. The van der Waals surface area contributed by atoms with E-state index < -0.39 is 0 Å². The van der Waals surface area contributed by atoms with Gasteiger partial charge in [-0.05, 0) is 36.1 Å². The number of nitrogens with one attached hydrogen (secondary N) is 1. The molecule has 2 nitrogen and oxygen atoms in total. The van der Waals surface area contributed by atoms with Crippen molar-refractivity contribution in [3.8, 4) is 0 Å². The van der Waals surface area contributed by atoms with Crippen LogP contribution in [0.15, 0.2) is 35.7 Å². The largest absolute Gasteiger partial charge is 0.397 e. The molecular weight excluding hydrogens is 247 g/mol. The van der Waals surface area contributed by atoms with Crippen molar-refractivity contribution in [1.29, 1.82) is 0 Å². The van der Waals surface area contributed by atoms with Gasteiger partial charge in [-0.25, -0.2) is 4.39 Å². The molecule has 18 heavy (non-hydrogen) atoms. The summed E-state index contributed by atoms with van der Waals surface area (Å²) in [5, 5.41) is 5.46. The monoisotopic (exact) mass is 264 g/mol. The van der Waals surface area contributed by atoms with Gasteiger partial charge in [0.15, 0.2) is 0 Å². The van der Waals surface area contributed by atoms with Gasteiger partial charge in [0, 0.05) is 4.88 Å². The fraction of sp³-hybridized carbons (Fsp3) is 0.286. The second-order valence-electron chi connectivity index (χ2n) is 4.23. The normalized spacial score (nSPS) is 12.3. The molecule has 0 spiro atoms. The molecule has 96 valence electrons. The van der Waals surface area contributed by atoms with Gasteiger partial charge < -0.3 is 11.1 Å². The third-order valence-electron chi connectivity index (χ3n) is 2.81. The Bertz CT molecular complexity index is 497. The first-order valence-corrected chi connectivity index (χ1v) is 6.93. The van der Waals surface area contributed by atoms with E-state index >= 15 is 0 Å². The van der Waals surface area contributed by atoms with E-state index in [0.717, 1.165) is 18.5 Å². The Morgan fingerprint density at radius 1 is 1.39 bits per heavy atom. The molecule has 2 rings (SSSR count). The van der Waals surface area contributed by atoms with Crippen LogP contribution in [0, 0.1) is 5.82 Å². The average molecular weight is 264 g/mol. The SMILES string of the molecule is CCCC(Nc1ccc(F)cc1N)c1cccs1. The lowest BCUT2D eigenvalue weighted by Gasteiger charge is -2.19. The van der Waals surface area contributed by atoms with Gasteiger partial charge in [0.25, 0.3) is 0 Å². The van der Waals surface area contributed by atoms with Crippen LogP contribution in [0.4, 0.5) is 15.8 Å². The number of halogens is 1. The lowest BCUT2D eigenvalue weighted by atomic mass is 10.1. The Balaban J connectivity index is 2.18. The molecule has 0 radical (unpaired) electrons. The van der Waals surface area contributed by atoms with Gasteiger partial charge in [-0.1, -0.05) is 19.4 Å². The smallest absolute Gasteiger partial charge is 0.125 e. The van der Waals surface area contributed by atoms with Crippen LogP contribution in [-0.2, 0) is 0 Å². The summed E-state index contributed by atoms with van der Waals surface area (Å²) in [6.45, 7) is 2.15. The molecule has 0 aliphatic heterocycles. The lowest BCUT2D eigenvalue weighted by Crippen LogP contribution is -2.10. The standard InChI is InChI=1S/C14H17FN2S/c1-2-4-13(14-5-3-8-18-14)17-12-7-6-10(15)9-11(12)16/h3,5-9,13,17H,2,4,16H2,1H3. The maximum Gasteiger partial charge on any atom is 0.125 e. The third-order valence-corrected chi connectivity index (χ3v) is 3.79. The van der Waals surface area contributed by atoms with Crippen LogP contribution in [0.1, 0.15) is 30.7 Å². The zero-order chi connectivity index (χ0) is 13.0. The summed E-state index contributed by atoms with van der Waals surface area (Å²) in [4.78, 5) is 1.28. The van der Waals surface area contributed by atoms with Crippen molar-refractivity contribution in [3.05, 3.63) is 46.4 Å². The average Bonchev–Trinajstić information content (AvgIpc) is 2.85. The predicted octanol–water partition coefficient (Wildman–Crippen LogP) is 4.42. The van der Waals surface area contributed by atoms with Crippen molar-refractivity contribution in [2.45, 2.75) is 25.8 Å². The summed E-state index contributed by atoms with van der Waals surface area (Å²) in [6, 6.07) is 8.86. The number of hydrogen-bond donors (Lipinski definition) is 2. The Morgan fingerprint density at radius 3 is 2.83 bits per heavy atom. The first-order valence-electron chi connectivity index (χ1n) is 6.05. The molecule has 0 aliphatic carbocycles. The first kappa shape index (κ1) is 12.9. The van der Waals surface area contributed by atoms with Gasteiger partial charge in [-0.15, -0.1) is 11.3 Å². The van der Waals surface area contributed by atoms with E-state index in [1.807, 2.05) is 6.07 Å². The van der Waals surface area contributed by atoms with E-state index in [-0.39, 0.29) is 11.9 Å². The van der Waals surface area contributed by atoms with E-state index in [9.17, 15) is 4.39 Å². The van der Waals surface area contributed by atoms with Crippen LogP contribution in [0.3, 0.4) is 0 Å². The van der Waals surface area contributed by atoms with E-state index in [4.69, 9.17) is 5.73 Å². The molecular formula is C14H17FN2S. The molecule has 0 saturated carbocycles. The molecule has 1 aromatic heterocycles. The molecule has 0 saturated heterocycles. The van der Waals surface area contributed by atoms with E-state index in [0.29, 0.717) is 5.69 Å². The highest BCUT2D eigenvalue weighted by Crippen LogP contribution is 2.30. The fourth-order valence-electron chi connectivity index (χ4n) is 1.92. The summed E-state index contributed by atoms with van der Waals surface area (Å²) in [6.07, 6.45) is 2.11. The summed E-state index contributed by atoms with van der Waals surface area (Å²) >= 11 is 1.72. The van der Waals surface area contributed by atoms with E-state index in [1.165, 1.54) is 17.0 Å². The highest BCUT2D eigenvalue weighted by molar-refractivity contribution is 7.10. The van der Waals surface area contributed by atoms with Crippen LogP contribution in [0.2, 0.25) is 0 Å². The van der Waals surface area contributed by atoms with Crippen molar-refractivity contribution in [1.82, 2.24) is 0 Å². The minimum Gasteiger partial charge on any atom is -0.397 e. The van der Waals surface area contributed by atoms with Crippen molar-refractivity contribution >= 4 is 22.7 Å². The topological polar surface area (TPSA) is 38.0 Å². The van der Waals surface area contributed by atoms with Crippen molar-refractivity contribution in [2.75, 3.05) is 11.1 Å². The predicted molar refractivity (Wildman–Crippen MR) is 76.4 cm³/mol. The minimum absolute atomic E-state index is 0.239. The van der Waals surface area contributed by atoms with Gasteiger partial charge in [-0.2, -0.15) is 0 Å². The highest BCUT2D eigenvalue weighted by Gasteiger charge is 2.12. The van der Waals surface area contributed by atoms with Gasteiger partial charge in [0.2, 0.25) is 0 Å². The lowest BCUT2D eigenvalue weighted by molar-refractivity contribution is 0.628. The molecule has 0 bridgehead atoms. The summed E-state index contributed by atoms with van der Waals surface area (Å²) in [5.74, 6) is -0.304. The number of nitrogen functional groups attached to an aromatic ring is 1.